The fraction of sp³-hybridized carbons (Fsp3) is 0.500. The average molecular weight is 209 g/mol. The van der Waals surface area contributed by atoms with Crippen LogP contribution in [0.2, 0.25) is 0 Å². The SMILES string of the molecule is COc1ccc(F)cc1[C@H]1NCC[C@@H]1C. The van der Waals surface area contributed by atoms with Gasteiger partial charge in [0.25, 0.3) is 0 Å². The van der Waals surface area contributed by atoms with E-state index in [4.69, 9.17) is 4.74 Å². The highest BCUT2D eigenvalue weighted by Gasteiger charge is 2.26. The monoisotopic (exact) mass is 209 g/mol. The summed E-state index contributed by atoms with van der Waals surface area (Å²) < 4.78 is 18.4. The summed E-state index contributed by atoms with van der Waals surface area (Å²) in [7, 11) is 1.62. The van der Waals surface area contributed by atoms with Gasteiger partial charge in [0.2, 0.25) is 0 Å². The Balaban J connectivity index is 2.36. The van der Waals surface area contributed by atoms with Crippen molar-refractivity contribution in [2.24, 2.45) is 5.92 Å². The number of hydrogen-bond acceptors (Lipinski definition) is 2. The molecule has 2 atom stereocenters. The van der Waals surface area contributed by atoms with Crippen LogP contribution in [-0.2, 0) is 0 Å². The molecule has 1 aromatic carbocycles. The van der Waals surface area contributed by atoms with E-state index in [0.717, 1.165) is 24.3 Å². The van der Waals surface area contributed by atoms with Gasteiger partial charge in [0.15, 0.2) is 0 Å². The first-order valence-electron chi connectivity index (χ1n) is 5.29. The molecule has 1 aliphatic heterocycles. The molecule has 0 unspecified atom stereocenters. The van der Waals surface area contributed by atoms with E-state index < -0.39 is 0 Å². The number of hydrogen-bond donors (Lipinski definition) is 1. The molecule has 1 heterocycles. The molecule has 3 heteroatoms. The van der Waals surface area contributed by atoms with Crippen molar-refractivity contribution < 1.29 is 9.13 Å². The lowest BCUT2D eigenvalue weighted by Crippen LogP contribution is -2.17. The Hall–Kier alpha value is -1.09. The van der Waals surface area contributed by atoms with Crippen molar-refractivity contribution in [1.29, 1.82) is 0 Å². The van der Waals surface area contributed by atoms with Crippen LogP contribution >= 0.6 is 0 Å². The average Bonchev–Trinajstić information content (AvgIpc) is 2.64. The van der Waals surface area contributed by atoms with Crippen LogP contribution in [0, 0.1) is 11.7 Å². The third kappa shape index (κ3) is 1.97. The molecule has 0 saturated carbocycles. The predicted molar refractivity (Wildman–Crippen MR) is 57.5 cm³/mol. The third-order valence-electron chi connectivity index (χ3n) is 3.06. The van der Waals surface area contributed by atoms with Gasteiger partial charge in [0.1, 0.15) is 11.6 Å². The second-order valence-corrected chi connectivity index (χ2v) is 4.08. The van der Waals surface area contributed by atoms with Gasteiger partial charge in [-0.2, -0.15) is 0 Å². The Labute approximate surface area is 89.4 Å². The molecule has 1 saturated heterocycles. The fourth-order valence-electron chi connectivity index (χ4n) is 2.20. The minimum absolute atomic E-state index is 0.202. The van der Waals surface area contributed by atoms with Crippen molar-refractivity contribution in [2.75, 3.05) is 13.7 Å². The maximum Gasteiger partial charge on any atom is 0.123 e. The van der Waals surface area contributed by atoms with Crippen molar-refractivity contribution in [3.05, 3.63) is 29.6 Å². The lowest BCUT2D eigenvalue weighted by atomic mass is 9.95. The van der Waals surface area contributed by atoms with Crippen LogP contribution in [0.4, 0.5) is 4.39 Å². The van der Waals surface area contributed by atoms with Crippen LogP contribution in [0.5, 0.6) is 5.75 Å². The molecular weight excluding hydrogens is 193 g/mol. The van der Waals surface area contributed by atoms with E-state index in [1.54, 1.807) is 19.2 Å². The molecule has 2 nitrogen and oxygen atoms in total. The van der Waals surface area contributed by atoms with Gasteiger partial charge < -0.3 is 10.1 Å². The number of halogens is 1. The smallest absolute Gasteiger partial charge is 0.123 e. The van der Waals surface area contributed by atoms with E-state index in [-0.39, 0.29) is 11.9 Å². The Bertz CT molecular complexity index is 353. The minimum Gasteiger partial charge on any atom is -0.496 e. The van der Waals surface area contributed by atoms with Crippen LogP contribution in [0.25, 0.3) is 0 Å². The molecule has 15 heavy (non-hydrogen) atoms. The van der Waals surface area contributed by atoms with Gasteiger partial charge in [0, 0.05) is 11.6 Å². The second kappa shape index (κ2) is 4.19. The molecule has 0 amide bonds. The standard InChI is InChI=1S/C12H16FNO/c1-8-5-6-14-12(8)10-7-9(13)3-4-11(10)15-2/h3-4,7-8,12,14H,5-6H2,1-2H3/t8-,12-/m0/s1. The topological polar surface area (TPSA) is 21.3 Å². The molecule has 0 bridgehead atoms. The summed E-state index contributed by atoms with van der Waals surface area (Å²) >= 11 is 0. The van der Waals surface area contributed by atoms with Gasteiger partial charge in [-0.25, -0.2) is 4.39 Å². The summed E-state index contributed by atoms with van der Waals surface area (Å²) in [5.74, 6) is 1.09. The molecule has 2 rings (SSSR count). The van der Waals surface area contributed by atoms with E-state index in [1.165, 1.54) is 6.07 Å². The maximum absolute atomic E-state index is 13.2. The number of methoxy groups -OCH3 is 1. The Morgan fingerprint density at radius 3 is 2.87 bits per heavy atom. The van der Waals surface area contributed by atoms with Gasteiger partial charge >= 0.3 is 0 Å². The van der Waals surface area contributed by atoms with Crippen molar-refractivity contribution >= 4 is 0 Å². The molecule has 0 radical (unpaired) electrons. The van der Waals surface area contributed by atoms with Crippen LogP contribution in [-0.4, -0.2) is 13.7 Å². The fourth-order valence-corrected chi connectivity index (χ4v) is 2.20. The highest BCUT2D eigenvalue weighted by Crippen LogP contribution is 2.34. The van der Waals surface area contributed by atoms with Gasteiger partial charge in [-0.15, -0.1) is 0 Å². The molecule has 1 N–H and O–H groups in total. The number of ether oxygens (including phenoxy) is 1. The first-order valence-corrected chi connectivity index (χ1v) is 5.29. The molecule has 0 spiro atoms. The Morgan fingerprint density at radius 2 is 2.27 bits per heavy atom. The highest BCUT2D eigenvalue weighted by atomic mass is 19.1. The zero-order valence-electron chi connectivity index (χ0n) is 9.09. The van der Waals surface area contributed by atoms with Gasteiger partial charge in [-0.05, 0) is 37.1 Å². The molecule has 0 aliphatic carbocycles. The molecule has 1 aliphatic rings. The van der Waals surface area contributed by atoms with Gasteiger partial charge in [-0.3, -0.25) is 0 Å². The third-order valence-corrected chi connectivity index (χ3v) is 3.06. The minimum atomic E-state index is -0.202. The van der Waals surface area contributed by atoms with E-state index >= 15 is 0 Å². The summed E-state index contributed by atoms with van der Waals surface area (Å²) in [4.78, 5) is 0. The van der Waals surface area contributed by atoms with E-state index in [9.17, 15) is 4.39 Å². The zero-order valence-corrected chi connectivity index (χ0v) is 9.09. The van der Waals surface area contributed by atoms with Crippen LogP contribution in [0.15, 0.2) is 18.2 Å². The maximum atomic E-state index is 13.2. The Kier molecular flexibility index (Phi) is 2.91. The normalized spacial score (nSPS) is 25.5. The molecule has 0 aromatic heterocycles. The lowest BCUT2D eigenvalue weighted by Gasteiger charge is -2.19. The molecule has 82 valence electrons. The van der Waals surface area contributed by atoms with E-state index in [2.05, 4.69) is 12.2 Å². The largest absolute Gasteiger partial charge is 0.496 e. The van der Waals surface area contributed by atoms with Crippen molar-refractivity contribution in [3.8, 4) is 5.75 Å². The van der Waals surface area contributed by atoms with Crippen LogP contribution in [0.3, 0.4) is 0 Å². The van der Waals surface area contributed by atoms with Crippen molar-refractivity contribution in [3.63, 3.8) is 0 Å². The zero-order chi connectivity index (χ0) is 10.8. The quantitative estimate of drug-likeness (QED) is 0.808. The summed E-state index contributed by atoms with van der Waals surface area (Å²) in [6.07, 6.45) is 1.13. The summed E-state index contributed by atoms with van der Waals surface area (Å²) in [6, 6.07) is 4.91. The Morgan fingerprint density at radius 1 is 1.47 bits per heavy atom. The first-order chi connectivity index (χ1) is 7.22. The summed E-state index contributed by atoms with van der Waals surface area (Å²) in [5, 5.41) is 3.38. The highest BCUT2D eigenvalue weighted by molar-refractivity contribution is 5.37. The molecule has 1 fully saturated rings. The summed E-state index contributed by atoms with van der Waals surface area (Å²) in [5.41, 5.74) is 0.933. The van der Waals surface area contributed by atoms with Crippen LogP contribution < -0.4 is 10.1 Å². The molecule has 1 aromatic rings. The van der Waals surface area contributed by atoms with Gasteiger partial charge in [0.05, 0.1) is 7.11 Å². The number of benzene rings is 1. The summed E-state index contributed by atoms with van der Waals surface area (Å²) in [6.45, 7) is 3.17. The van der Waals surface area contributed by atoms with E-state index in [0.29, 0.717) is 5.92 Å². The van der Waals surface area contributed by atoms with Crippen molar-refractivity contribution in [1.82, 2.24) is 5.32 Å². The van der Waals surface area contributed by atoms with Crippen molar-refractivity contribution in [2.45, 2.75) is 19.4 Å². The lowest BCUT2D eigenvalue weighted by molar-refractivity contribution is 0.392. The predicted octanol–water partition coefficient (Wildman–Crippen LogP) is 2.50. The van der Waals surface area contributed by atoms with E-state index in [1.807, 2.05) is 0 Å². The number of nitrogens with one attached hydrogen (secondary N) is 1. The number of rotatable bonds is 2. The van der Waals surface area contributed by atoms with Crippen LogP contribution in [0.1, 0.15) is 24.9 Å². The molecular formula is C12H16FNO. The second-order valence-electron chi connectivity index (χ2n) is 4.08. The first kappa shape index (κ1) is 10.4. The van der Waals surface area contributed by atoms with Gasteiger partial charge in [-0.1, -0.05) is 6.92 Å².